The zero-order valence-corrected chi connectivity index (χ0v) is 17.6. The van der Waals surface area contributed by atoms with Gasteiger partial charge in [-0.25, -0.2) is 9.97 Å². The highest BCUT2D eigenvalue weighted by Gasteiger charge is 2.31. The predicted octanol–water partition coefficient (Wildman–Crippen LogP) is 2.56. The van der Waals surface area contributed by atoms with E-state index < -0.39 is 0 Å². The lowest BCUT2D eigenvalue weighted by Crippen LogP contribution is -2.40. The van der Waals surface area contributed by atoms with Crippen molar-refractivity contribution in [3.05, 3.63) is 12.1 Å². The van der Waals surface area contributed by atoms with Crippen molar-refractivity contribution in [2.75, 3.05) is 26.4 Å². The highest BCUT2D eigenvalue weighted by atomic mass is 32.1. The van der Waals surface area contributed by atoms with Crippen LogP contribution >= 0.6 is 11.3 Å². The Morgan fingerprint density at radius 3 is 2.97 bits per heavy atom. The van der Waals surface area contributed by atoms with Crippen molar-refractivity contribution in [3.8, 4) is 11.1 Å². The zero-order chi connectivity index (χ0) is 20.2. The molecular weight excluding hydrogens is 394 g/mol. The molecule has 2 atom stereocenters. The Morgan fingerprint density at radius 2 is 2.21 bits per heavy atom. The first-order valence-corrected chi connectivity index (χ1v) is 10.9. The van der Waals surface area contributed by atoms with E-state index in [0.29, 0.717) is 36.8 Å². The van der Waals surface area contributed by atoms with Crippen LogP contribution in [-0.4, -0.2) is 60.6 Å². The molecule has 2 aromatic rings. The second kappa shape index (κ2) is 9.23. The quantitative estimate of drug-likeness (QED) is 0.665. The molecule has 0 radical (unpaired) electrons. The summed E-state index contributed by atoms with van der Waals surface area (Å²) in [5.74, 6) is 1.05. The lowest BCUT2D eigenvalue weighted by molar-refractivity contribution is -0.120. The van der Waals surface area contributed by atoms with Gasteiger partial charge in [-0.2, -0.15) is 0 Å². The molecule has 29 heavy (non-hydrogen) atoms. The molecule has 0 bridgehead atoms. The van der Waals surface area contributed by atoms with Crippen molar-refractivity contribution in [2.24, 2.45) is 5.92 Å². The minimum Gasteiger partial charge on any atom is -0.477 e. The summed E-state index contributed by atoms with van der Waals surface area (Å²) >= 11 is 1.44. The monoisotopic (exact) mass is 421 g/mol. The van der Waals surface area contributed by atoms with Crippen molar-refractivity contribution < 1.29 is 23.7 Å². The number of hydrogen-bond acceptors (Lipinski definition) is 8. The largest absolute Gasteiger partial charge is 0.477 e. The molecule has 1 N–H and O–H groups in total. The number of ether oxygens (including phenoxy) is 4. The maximum Gasteiger partial charge on any atom is 0.276 e. The normalized spacial score (nSPS) is 24.8. The molecule has 4 rings (SSSR count). The first-order chi connectivity index (χ1) is 14.0. The number of amides is 1. The lowest BCUT2D eigenvalue weighted by Gasteiger charge is -2.35. The summed E-state index contributed by atoms with van der Waals surface area (Å²) in [5, 5.41) is 3.46. The molecule has 8 nitrogen and oxygen atoms in total. The SMILES string of the molecule is CC(=O)N[C@@H](C)COC1CC(COc2ccc3nc(O[C@H]4CCOC4)sc3n2)C1. The van der Waals surface area contributed by atoms with Gasteiger partial charge in [0.25, 0.3) is 5.19 Å². The maximum atomic E-state index is 11.0. The van der Waals surface area contributed by atoms with Gasteiger partial charge >= 0.3 is 0 Å². The van der Waals surface area contributed by atoms with Crippen molar-refractivity contribution in [2.45, 2.75) is 51.4 Å². The molecule has 2 aliphatic rings. The van der Waals surface area contributed by atoms with Crippen molar-refractivity contribution in [1.29, 1.82) is 0 Å². The maximum absolute atomic E-state index is 11.0. The van der Waals surface area contributed by atoms with Crippen LogP contribution in [0.25, 0.3) is 10.3 Å². The summed E-state index contributed by atoms with van der Waals surface area (Å²) < 4.78 is 22.9. The number of fused-ring (bicyclic) bond motifs is 1. The number of thiazole rings is 1. The van der Waals surface area contributed by atoms with E-state index in [4.69, 9.17) is 18.9 Å². The van der Waals surface area contributed by atoms with Crippen molar-refractivity contribution >= 4 is 27.6 Å². The van der Waals surface area contributed by atoms with Gasteiger partial charge in [0.05, 0.1) is 32.5 Å². The number of carbonyl (C=O) groups excluding carboxylic acids is 1. The summed E-state index contributed by atoms with van der Waals surface area (Å²) in [6, 6.07) is 3.81. The van der Waals surface area contributed by atoms with Crippen LogP contribution in [-0.2, 0) is 14.3 Å². The van der Waals surface area contributed by atoms with E-state index in [1.807, 2.05) is 19.1 Å². The highest BCUT2D eigenvalue weighted by Crippen LogP contribution is 2.32. The Kier molecular flexibility index (Phi) is 6.46. The lowest BCUT2D eigenvalue weighted by atomic mass is 9.83. The average Bonchev–Trinajstić information content (AvgIpc) is 3.28. The van der Waals surface area contributed by atoms with Gasteiger partial charge in [-0.1, -0.05) is 11.3 Å². The molecule has 0 aromatic carbocycles. The fraction of sp³-hybridized carbons (Fsp3) is 0.650. The van der Waals surface area contributed by atoms with Gasteiger partial charge in [0.1, 0.15) is 11.6 Å². The number of rotatable bonds is 9. The van der Waals surface area contributed by atoms with Crippen LogP contribution in [0.4, 0.5) is 0 Å². The van der Waals surface area contributed by atoms with Crippen LogP contribution < -0.4 is 14.8 Å². The third kappa shape index (κ3) is 5.55. The van der Waals surface area contributed by atoms with Gasteiger partial charge in [0, 0.05) is 25.5 Å². The van der Waals surface area contributed by atoms with E-state index in [2.05, 4.69) is 15.3 Å². The van der Waals surface area contributed by atoms with Gasteiger partial charge in [-0.3, -0.25) is 4.79 Å². The highest BCUT2D eigenvalue weighted by molar-refractivity contribution is 7.19. The first-order valence-electron chi connectivity index (χ1n) is 10.1. The second-order valence-corrected chi connectivity index (χ2v) is 8.70. The Bertz CT molecular complexity index is 833. The summed E-state index contributed by atoms with van der Waals surface area (Å²) in [5.41, 5.74) is 0.821. The molecule has 158 valence electrons. The number of nitrogens with zero attached hydrogens (tertiary/aromatic N) is 2. The van der Waals surface area contributed by atoms with Gasteiger partial charge in [-0.05, 0) is 31.7 Å². The van der Waals surface area contributed by atoms with Crippen molar-refractivity contribution in [3.63, 3.8) is 0 Å². The van der Waals surface area contributed by atoms with Crippen LogP contribution in [0.2, 0.25) is 0 Å². The van der Waals surface area contributed by atoms with E-state index in [9.17, 15) is 4.79 Å². The number of hydrogen-bond donors (Lipinski definition) is 1. The number of pyridine rings is 1. The molecule has 1 amide bonds. The van der Waals surface area contributed by atoms with Crippen LogP contribution in [0.3, 0.4) is 0 Å². The first kappa shape index (κ1) is 20.3. The van der Waals surface area contributed by atoms with E-state index in [1.165, 1.54) is 18.3 Å². The second-order valence-electron chi connectivity index (χ2n) is 7.76. The standard InChI is InChI=1S/C20H27N3O5S/c1-12(21-13(2)24)9-26-16-7-14(8-16)10-27-18-4-3-17-19(23-18)29-20(22-17)28-15-5-6-25-11-15/h3-4,12,14-16H,5-11H2,1-2H3,(H,21,24)/t12-,14?,15-,16?/m0/s1. The van der Waals surface area contributed by atoms with Gasteiger partial charge < -0.3 is 24.3 Å². The summed E-state index contributed by atoms with van der Waals surface area (Å²) in [4.78, 5) is 20.9. The Hall–Kier alpha value is -1.97. The molecule has 1 saturated heterocycles. The molecule has 1 aliphatic heterocycles. The van der Waals surface area contributed by atoms with E-state index >= 15 is 0 Å². The molecule has 0 spiro atoms. The van der Waals surface area contributed by atoms with E-state index in [-0.39, 0.29) is 24.2 Å². The van der Waals surface area contributed by atoms with Crippen molar-refractivity contribution in [1.82, 2.24) is 15.3 Å². The Balaban J connectivity index is 1.20. The average molecular weight is 422 g/mol. The third-order valence-electron chi connectivity index (χ3n) is 5.06. The summed E-state index contributed by atoms with van der Waals surface area (Å²) in [6.07, 6.45) is 3.17. The molecule has 0 unspecified atom stereocenters. The Morgan fingerprint density at radius 1 is 1.34 bits per heavy atom. The zero-order valence-electron chi connectivity index (χ0n) is 16.8. The smallest absolute Gasteiger partial charge is 0.276 e. The fourth-order valence-electron chi connectivity index (χ4n) is 3.48. The van der Waals surface area contributed by atoms with Gasteiger partial charge in [-0.15, -0.1) is 0 Å². The van der Waals surface area contributed by atoms with Crippen LogP contribution in [0.5, 0.6) is 11.1 Å². The molecule has 2 fully saturated rings. The van der Waals surface area contributed by atoms with E-state index in [0.717, 1.165) is 36.2 Å². The topological polar surface area (TPSA) is 91.8 Å². The fourth-order valence-corrected chi connectivity index (χ4v) is 4.33. The van der Waals surface area contributed by atoms with E-state index in [1.54, 1.807) is 0 Å². The summed E-state index contributed by atoms with van der Waals surface area (Å²) in [6.45, 7) is 5.99. The summed E-state index contributed by atoms with van der Waals surface area (Å²) in [7, 11) is 0. The van der Waals surface area contributed by atoms with Gasteiger partial charge in [0.2, 0.25) is 11.8 Å². The predicted molar refractivity (Wildman–Crippen MR) is 109 cm³/mol. The number of nitrogens with one attached hydrogen (secondary N) is 1. The van der Waals surface area contributed by atoms with Gasteiger partial charge in [0.15, 0.2) is 4.83 Å². The molecule has 1 aliphatic carbocycles. The van der Waals surface area contributed by atoms with Crippen LogP contribution in [0, 0.1) is 5.92 Å². The molecule has 3 heterocycles. The van der Waals surface area contributed by atoms with Crippen LogP contribution in [0.15, 0.2) is 12.1 Å². The minimum absolute atomic E-state index is 0.0300. The third-order valence-corrected chi connectivity index (χ3v) is 5.91. The molecule has 1 saturated carbocycles. The number of carbonyl (C=O) groups is 1. The molecular formula is C20H27N3O5S. The number of aromatic nitrogens is 2. The van der Waals surface area contributed by atoms with Crippen LogP contribution in [0.1, 0.15) is 33.1 Å². The molecule has 2 aromatic heterocycles. The minimum atomic E-state index is -0.0300. The molecule has 9 heteroatoms. The Labute approximate surface area is 173 Å².